The van der Waals surface area contributed by atoms with Crippen LogP contribution in [-0.4, -0.2) is 36.9 Å². The maximum Gasteiger partial charge on any atom is 0.336 e. The summed E-state index contributed by atoms with van der Waals surface area (Å²) in [5.74, 6) is -1.36. The number of hydrogen-bond donors (Lipinski definition) is 2. The van der Waals surface area contributed by atoms with Crippen LogP contribution >= 0.6 is 11.8 Å². The lowest BCUT2D eigenvalue weighted by atomic mass is 9.98. The average molecular weight is 446 g/mol. The molecule has 0 radical (unpaired) electrons. The minimum absolute atomic E-state index is 0.0824. The van der Waals surface area contributed by atoms with E-state index in [0.29, 0.717) is 27.9 Å². The molecule has 0 atom stereocenters. The third kappa shape index (κ3) is 4.26. The molecule has 7 nitrogen and oxygen atoms in total. The van der Waals surface area contributed by atoms with Gasteiger partial charge in [0.15, 0.2) is 11.0 Å². The fraction of sp³-hybridized carbons (Fsp3) is 0.0833. The molecule has 0 aliphatic rings. The topological polar surface area (TPSA) is 105 Å². The molecular formula is C24H19N3O4S. The normalized spacial score (nSPS) is 10.8. The Balaban J connectivity index is 1.87. The highest BCUT2D eigenvalue weighted by molar-refractivity contribution is 7.98. The van der Waals surface area contributed by atoms with Crippen molar-refractivity contribution in [2.24, 2.45) is 0 Å². The first-order valence-corrected chi connectivity index (χ1v) is 10.7. The summed E-state index contributed by atoms with van der Waals surface area (Å²) in [7, 11) is 0. The number of thioether (sulfide) groups is 1. The molecule has 0 aliphatic carbocycles. The smallest absolute Gasteiger partial charge is 0.336 e. The number of aromatic nitrogens is 3. The summed E-state index contributed by atoms with van der Waals surface area (Å²) in [5.41, 5.74) is 2.54. The molecule has 0 saturated carbocycles. The van der Waals surface area contributed by atoms with Crippen molar-refractivity contribution in [1.29, 1.82) is 0 Å². The van der Waals surface area contributed by atoms with Crippen LogP contribution < -0.4 is 0 Å². The quantitative estimate of drug-likeness (QED) is 0.389. The summed E-state index contributed by atoms with van der Waals surface area (Å²) in [6.07, 6.45) is 0. The number of hydrogen-bond acceptors (Lipinski definition) is 5. The van der Waals surface area contributed by atoms with Gasteiger partial charge in [-0.05, 0) is 42.3 Å². The fourth-order valence-electron chi connectivity index (χ4n) is 3.36. The van der Waals surface area contributed by atoms with Gasteiger partial charge in [-0.2, -0.15) is 0 Å². The minimum Gasteiger partial charge on any atom is -0.478 e. The van der Waals surface area contributed by atoms with Crippen molar-refractivity contribution in [2.45, 2.75) is 17.8 Å². The second kappa shape index (κ2) is 9.07. The van der Waals surface area contributed by atoms with E-state index in [1.807, 2.05) is 65.2 Å². The summed E-state index contributed by atoms with van der Waals surface area (Å²) in [6.45, 7) is 1.64. The van der Waals surface area contributed by atoms with Crippen molar-refractivity contribution in [1.82, 2.24) is 14.8 Å². The summed E-state index contributed by atoms with van der Waals surface area (Å²) in [4.78, 5) is 23.4. The number of carboxylic acids is 2. The highest BCUT2D eigenvalue weighted by atomic mass is 32.2. The molecule has 1 aromatic heterocycles. The van der Waals surface area contributed by atoms with Gasteiger partial charge in [0, 0.05) is 17.0 Å². The number of carbonyl (C=O) groups is 2. The summed E-state index contributed by atoms with van der Waals surface area (Å²) >= 11 is 1.49. The first-order chi connectivity index (χ1) is 15.5. The number of para-hydroxylation sites is 1. The second-order valence-corrected chi connectivity index (χ2v) is 8.00. The van der Waals surface area contributed by atoms with E-state index >= 15 is 0 Å². The molecule has 0 amide bonds. The Morgan fingerprint density at radius 3 is 2.19 bits per heavy atom. The zero-order chi connectivity index (χ0) is 22.7. The number of nitrogens with zero attached hydrogens (tertiary/aromatic N) is 3. The van der Waals surface area contributed by atoms with E-state index in [0.717, 1.165) is 17.3 Å². The predicted molar refractivity (Wildman–Crippen MR) is 121 cm³/mol. The third-order valence-electron chi connectivity index (χ3n) is 4.98. The Morgan fingerprint density at radius 2 is 1.56 bits per heavy atom. The summed E-state index contributed by atoms with van der Waals surface area (Å²) in [6, 6.07) is 22.0. The Bertz CT molecular complexity index is 1290. The van der Waals surface area contributed by atoms with E-state index in [1.165, 1.54) is 17.8 Å². The van der Waals surface area contributed by atoms with Crippen LogP contribution in [0.1, 0.15) is 31.8 Å². The van der Waals surface area contributed by atoms with Crippen molar-refractivity contribution < 1.29 is 19.8 Å². The number of benzene rings is 3. The van der Waals surface area contributed by atoms with Crippen LogP contribution in [0.2, 0.25) is 0 Å². The van der Waals surface area contributed by atoms with Crippen LogP contribution in [0.25, 0.3) is 17.1 Å². The zero-order valence-corrected chi connectivity index (χ0v) is 17.9. The minimum atomic E-state index is -1.21. The highest BCUT2D eigenvalue weighted by Crippen LogP contribution is 2.33. The molecular weight excluding hydrogens is 426 g/mol. The molecule has 0 unspecified atom stereocenters. The standard InChI is InChI=1S/C24H19N3O4S/c1-15-19(12-17(22(28)29)13-20(15)23(30)31)21-25-26-24(27(21)18-10-6-3-7-11-18)32-14-16-8-4-2-5-9-16/h2-13H,14H2,1H3,(H,28,29)(H,30,31). The maximum absolute atomic E-state index is 11.8. The van der Waals surface area contributed by atoms with Crippen LogP contribution in [0.15, 0.2) is 78.0 Å². The van der Waals surface area contributed by atoms with Gasteiger partial charge in [-0.1, -0.05) is 60.3 Å². The lowest BCUT2D eigenvalue weighted by molar-refractivity contribution is 0.0695. The van der Waals surface area contributed by atoms with E-state index in [1.54, 1.807) is 6.92 Å². The molecule has 0 spiro atoms. The lowest BCUT2D eigenvalue weighted by Crippen LogP contribution is -2.08. The van der Waals surface area contributed by atoms with Crippen LogP contribution in [0.4, 0.5) is 0 Å². The number of rotatable bonds is 7. The molecule has 8 heteroatoms. The molecule has 0 fully saturated rings. The van der Waals surface area contributed by atoms with Gasteiger partial charge in [-0.15, -0.1) is 10.2 Å². The van der Waals surface area contributed by atoms with Gasteiger partial charge in [0.2, 0.25) is 0 Å². The first-order valence-electron chi connectivity index (χ1n) is 9.75. The average Bonchev–Trinajstić information content (AvgIpc) is 3.22. The van der Waals surface area contributed by atoms with Crippen molar-refractivity contribution in [3.8, 4) is 17.1 Å². The van der Waals surface area contributed by atoms with E-state index in [-0.39, 0.29) is 11.1 Å². The van der Waals surface area contributed by atoms with E-state index in [2.05, 4.69) is 10.2 Å². The van der Waals surface area contributed by atoms with Crippen LogP contribution in [-0.2, 0) is 5.75 Å². The molecule has 1 heterocycles. The maximum atomic E-state index is 11.8. The number of aromatic carboxylic acids is 2. The largest absolute Gasteiger partial charge is 0.478 e. The van der Waals surface area contributed by atoms with Crippen molar-refractivity contribution >= 4 is 23.7 Å². The Hall–Kier alpha value is -3.91. The molecule has 4 rings (SSSR count). The monoisotopic (exact) mass is 445 g/mol. The van der Waals surface area contributed by atoms with Gasteiger partial charge in [-0.25, -0.2) is 9.59 Å². The van der Waals surface area contributed by atoms with Gasteiger partial charge in [0.25, 0.3) is 0 Å². The van der Waals surface area contributed by atoms with Gasteiger partial charge < -0.3 is 10.2 Å². The molecule has 160 valence electrons. The molecule has 0 bridgehead atoms. The van der Waals surface area contributed by atoms with Crippen molar-refractivity contribution in [2.75, 3.05) is 0 Å². The van der Waals surface area contributed by atoms with E-state index in [4.69, 9.17) is 0 Å². The Labute approximate surface area is 188 Å². The first kappa shape index (κ1) is 21.3. The van der Waals surface area contributed by atoms with Gasteiger partial charge in [0.1, 0.15) is 0 Å². The van der Waals surface area contributed by atoms with Crippen molar-refractivity contribution in [3.05, 3.63) is 95.1 Å². The Morgan fingerprint density at radius 1 is 0.906 bits per heavy atom. The van der Waals surface area contributed by atoms with Crippen LogP contribution in [0.3, 0.4) is 0 Å². The van der Waals surface area contributed by atoms with Gasteiger partial charge >= 0.3 is 11.9 Å². The molecule has 0 saturated heterocycles. The number of carboxylic acid groups (broad SMARTS) is 2. The predicted octanol–water partition coefficient (Wildman–Crippen LogP) is 4.93. The zero-order valence-electron chi connectivity index (χ0n) is 17.1. The molecule has 0 aliphatic heterocycles. The van der Waals surface area contributed by atoms with E-state index < -0.39 is 11.9 Å². The third-order valence-corrected chi connectivity index (χ3v) is 5.98. The Kier molecular flexibility index (Phi) is 6.04. The summed E-state index contributed by atoms with van der Waals surface area (Å²) < 4.78 is 1.83. The molecule has 32 heavy (non-hydrogen) atoms. The second-order valence-electron chi connectivity index (χ2n) is 7.06. The molecule has 4 aromatic rings. The lowest BCUT2D eigenvalue weighted by Gasteiger charge is -2.14. The highest BCUT2D eigenvalue weighted by Gasteiger charge is 2.23. The molecule has 3 aromatic carbocycles. The fourth-order valence-corrected chi connectivity index (χ4v) is 4.27. The SMILES string of the molecule is Cc1c(C(=O)O)cc(C(=O)O)cc1-c1nnc(SCc2ccccc2)n1-c1ccccc1. The van der Waals surface area contributed by atoms with Gasteiger partial charge in [0.05, 0.1) is 11.1 Å². The van der Waals surface area contributed by atoms with E-state index in [9.17, 15) is 19.8 Å². The summed E-state index contributed by atoms with van der Waals surface area (Å²) in [5, 5.41) is 28.4. The van der Waals surface area contributed by atoms with Crippen molar-refractivity contribution in [3.63, 3.8) is 0 Å². The molecule has 2 N–H and O–H groups in total. The van der Waals surface area contributed by atoms with Crippen LogP contribution in [0, 0.1) is 6.92 Å². The van der Waals surface area contributed by atoms with Crippen LogP contribution in [0.5, 0.6) is 0 Å². The van der Waals surface area contributed by atoms with Gasteiger partial charge in [-0.3, -0.25) is 4.57 Å².